The molecule has 0 saturated carbocycles. The molecule has 0 radical (unpaired) electrons. The van der Waals surface area contributed by atoms with E-state index >= 15 is 0 Å². The smallest absolute Gasteiger partial charge is 0.216 e. The van der Waals surface area contributed by atoms with Gasteiger partial charge in [0.25, 0.3) is 0 Å². The van der Waals surface area contributed by atoms with Gasteiger partial charge in [0.15, 0.2) is 0 Å². The highest BCUT2D eigenvalue weighted by molar-refractivity contribution is 7.95. The molecule has 0 bridgehead atoms. The predicted molar refractivity (Wildman–Crippen MR) is 117 cm³/mol. The third-order valence-electron chi connectivity index (χ3n) is 4.90. The van der Waals surface area contributed by atoms with Crippen molar-refractivity contribution >= 4 is 15.9 Å². The van der Waals surface area contributed by atoms with Crippen molar-refractivity contribution in [1.29, 1.82) is 10.5 Å². The van der Waals surface area contributed by atoms with Gasteiger partial charge >= 0.3 is 0 Å². The minimum atomic E-state index is -3.91. The first kappa shape index (κ1) is 21.1. The first-order chi connectivity index (χ1) is 14.3. The topological polar surface area (TPSA) is 86.7 Å². The molecule has 0 aliphatic rings. The van der Waals surface area contributed by atoms with E-state index in [-0.39, 0.29) is 15.7 Å². The molecule has 3 rings (SSSR count). The number of nitrogens with zero attached hydrogens (tertiary/aromatic N) is 3. The van der Waals surface area contributed by atoms with Crippen LogP contribution in [0.3, 0.4) is 0 Å². The minimum absolute atomic E-state index is 0.0889. The molecule has 0 amide bonds. The molecule has 2 aromatic carbocycles. The molecule has 0 aliphatic heterocycles. The van der Waals surface area contributed by atoms with Crippen LogP contribution in [-0.2, 0) is 9.84 Å². The lowest BCUT2D eigenvalue weighted by Crippen LogP contribution is -2.04. The number of hydrogen-bond donors (Lipinski definition) is 0. The molecule has 0 spiro atoms. The normalized spacial score (nSPS) is 11.9. The van der Waals surface area contributed by atoms with Crippen LogP contribution in [-0.4, -0.2) is 13.0 Å². The molecular formula is C24H21N3O2S. The van der Waals surface area contributed by atoms with E-state index in [2.05, 4.69) is 6.07 Å². The van der Waals surface area contributed by atoms with Crippen molar-refractivity contribution in [2.24, 2.45) is 0 Å². The summed E-state index contributed by atoms with van der Waals surface area (Å²) >= 11 is 0. The van der Waals surface area contributed by atoms with Crippen LogP contribution in [0.5, 0.6) is 0 Å². The van der Waals surface area contributed by atoms with Crippen molar-refractivity contribution in [3.8, 4) is 17.8 Å². The molecule has 0 saturated heterocycles. The van der Waals surface area contributed by atoms with Crippen LogP contribution in [0.25, 0.3) is 11.8 Å². The maximum Gasteiger partial charge on any atom is 0.216 e. The standard InChI is InChI=1S/C24H21N3O2S/c1-17(2)24-14-20(18(3)27(24)21-11-9-19(15-25)10-12-21)13-23(16-26)30(28,29)22-7-5-4-6-8-22/h4-14,17H,1-3H3/b23-13+. The van der Waals surface area contributed by atoms with Crippen LogP contribution in [0.15, 0.2) is 70.5 Å². The van der Waals surface area contributed by atoms with Crippen molar-refractivity contribution in [2.45, 2.75) is 31.6 Å². The lowest BCUT2D eigenvalue weighted by molar-refractivity contribution is 0.603. The highest BCUT2D eigenvalue weighted by Gasteiger charge is 2.22. The van der Waals surface area contributed by atoms with Gasteiger partial charge in [0.1, 0.15) is 11.0 Å². The molecule has 0 N–H and O–H groups in total. The maximum absolute atomic E-state index is 12.9. The highest BCUT2D eigenvalue weighted by atomic mass is 32.2. The summed E-state index contributed by atoms with van der Waals surface area (Å²) in [6.07, 6.45) is 1.43. The zero-order valence-electron chi connectivity index (χ0n) is 17.0. The predicted octanol–water partition coefficient (Wildman–Crippen LogP) is 5.12. The van der Waals surface area contributed by atoms with Gasteiger partial charge in [-0.2, -0.15) is 10.5 Å². The SMILES string of the molecule is Cc1c(/C=C(\C#N)S(=O)(=O)c2ccccc2)cc(C(C)C)n1-c1ccc(C#N)cc1. The van der Waals surface area contributed by atoms with Crippen LogP contribution in [0.4, 0.5) is 0 Å². The fourth-order valence-electron chi connectivity index (χ4n) is 3.29. The maximum atomic E-state index is 12.9. The second-order valence-corrected chi connectivity index (χ2v) is 9.11. The zero-order chi connectivity index (χ0) is 21.9. The molecule has 150 valence electrons. The highest BCUT2D eigenvalue weighted by Crippen LogP contribution is 2.30. The van der Waals surface area contributed by atoms with E-state index in [4.69, 9.17) is 5.26 Å². The van der Waals surface area contributed by atoms with E-state index in [9.17, 15) is 13.7 Å². The van der Waals surface area contributed by atoms with Crippen LogP contribution >= 0.6 is 0 Å². The van der Waals surface area contributed by atoms with E-state index < -0.39 is 9.84 Å². The Morgan fingerprint density at radius 1 is 1.03 bits per heavy atom. The zero-order valence-corrected chi connectivity index (χ0v) is 17.8. The summed E-state index contributed by atoms with van der Waals surface area (Å²) in [6.45, 7) is 5.99. The van der Waals surface area contributed by atoms with Crippen LogP contribution in [0, 0.1) is 29.6 Å². The molecule has 30 heavy (non-hydrogen) atoms. The van der Waals surface area contributed by atoms with Crippen molar-refractivity contribution < 1.29 is 8.42 Å². The number of nitriles is 2. The Kier molecular flexibility index (Phi) is 5.91. The van der Waals surface area contributed by atoms with Gasteiger partial charge < -0.3 is 4.57 Å². The summed E-state index contributed by atoms with van der Waals surface area (Å²) in [5.74, 6) is 0.165. The van der Waals surface area contributed by atoms with Crippen molar-refractivity contribution in [2.75, 3.05) is 0 Å². The van der Waals surface area contributed by atoms with Crippen molar-refractivity contribution in [3.05, 3.63) is 88.1 Å². The summed E-state index contributed by atoms with van der Waals surface area (Å²) in [5, 5.41) is 18.6. The molecule has 6 heteroatoms. The van der Waals surface area contributed by atoms with Gasteiger partial charge in [-0.25, -0.2) is 8.42 Å². The number of allylic oxidation sites excluding steroid dienone is 1. The molecule has 0 unspecified atom stereocenters. The molecule has 5 nitrogen and oxygen atoms in total. The van der Waals surface area contributed by atoms with Crippen LogP contribution in [0.2, 0.25) is 0 Å². The number of aromatic nitrogens is 1. The largest absolute Gasteiger partial charge is 0.317 e. The molecule has 0 atom stereocenters. The monoisotopic (exact) mass is 415 g/mol. The second-order valence-electron chi connectivity index (χ2n) is 7.20. The lowest BCUT2D eigenvalue weighted by Gasteiger charge is -2.14. The quantitative estimate of drug-likeness (QED) is 0.541. The number of benzene rings is 2. The Bertz CT molecular complexity index is 1290. The molecule has 1 heterocycles. The molecule has 3 aromatic rings. The van der Waals surface area contributed by atoms with Gasteiger partial charge in [0, 0.05) is 17.1 Å². The lowest BCUT2D eigenvalue weighted by atomic mass is 10.1. The Balaban J connectivity index is 2.17. The molecular weight excluding hydrogens is 394 g/mol. The summed E-state index contributed by atoms with van der Waals surface area (Å²) < 4.78 is 27.9. The van der Waals surface area contributed by atoms with Crippen LogP contribution < -0.4 is 0 Å². The Labute approximate surface area is 177 Å². The Morgan fingerprint density at radius 2 is 1.67 bits per heavy atom. The average molecular weight is 416 g/mol. The van der Waals surface area contributed by atoms with E-state index in [1.54, 1.807) is 30.3 Å². The van der Waals surface area contributed by atoms with Gasteiger partial charge in [-0.05, 0) is 66.9 Å². The Hall–Kier alpha value is -3.61. The molecule has 1 aromatic heterocycles. The van der Waals surface area contributed by atoms with E-state index in [1.165, 1.54) is 18.2 Å². The number of sulfone groups is 1. The van der Waals surface area contributed by atoms with Crippen molar-refractivity contribution in [3.63, 3.8) is 0 Å². The number of hydrogen-bond acceptors (Lipinski definition) is 4. The minimum Gasteiger partial charge on any atom is -0.317 e. The summed E-state index contributed by atoms with van der Waals surface area (Å²) in [5.41, 5.74) is 3.91. The Morgan fingerprint density at radius 3 is 2.20 bits per heavy atom. The second kappa shape index (κ2) is 8.41. The fraction of sp³-hybridized carbons (Fsp3) is 0.167. The third-order valence-corrected chi connectivity index (χ3v) is 6.58. The van der Waals surface area contributed by atoms with Gasteiger partial charge in [-0.1, -0.05) is 32.0 Å². The molecule has 0 aliphatic carbocycles. The first-order valence-electron chi connectivity index (χ1n) is 9.44. The summed E-state index contributed by atoms with van der Waals surface area (Å²) in [4.78, 5) is -0.213. The summed E-state index contributed by atoms with van der Waals surface area (Å²) in [7, 11) is -3.91. The third kappa shape index (κ3) is 3.91. The average Bonchev–Trinajstić information content (AvgIpc) is 3.09. The van der Waals surface area contributed by atoms with Gasteiger partial charge in [-0.3, -0.25) is 0 Å². The summed E-state index contributed by atoms with van der Waals surface area (Å²) in [6, 6.07) is 21.0. The van der Waals surface area contributed by atoms with Crippen molar-refractivity contribution in [1.82, 2.24) is 4.57 Å². The van der Waals surface area contributed by atoms with Gasteiger partial charge in [0.2, 0.25) is 9.84 Å². The van der Waals surface area contributed by atoms with E-state index in [1.807, 2.05) is 49.6 Å². The number of rotatable bonds is 5. The van der Waals surface area contributed by atoms with E-state index in [0.717, 1.165) is 17.1 Å². The van der Waals surface area contributed by atoms with Gasteiger partial charge in [0.05, 0.1) is 16.5 Å². The van der Waals surface area contributed by atoms with Gasteiger partial charge in [-0.15, -0.1) is 0 Å². The fourth-order valence-corrected chi connectivity index (χ4v) is 4.46. The van der Waals surface area contributed by atoms with E-state index in [0.29, 0.717) is 11.1 Å². The van der Waals surface area contributed by atoms with Crippen LogP contribution in [0.1, 0.15) is 42.3 Å². The molecule has 0 fully saturated rings. The first-order valence-corrected chi connectivity index (χ1v) is 10.9.